The maximum atomic E-state index is 12.1. The number of carbonyl (C=O) groups excluding carboxylic acids is 2. The number of anilines is 2. The van der Waals surface area contributed by atoms with Gasteiger partial charge in [-0.2, -0.15) is 13.2 Å². The van der Waals surface area contributed by atoms with E-state index in [9.17, 15) is 22.8 Å². The Balaban J connectivity index is 0.000000190. The number of amides is 2. The van der Waals surface area contributed by atoms with E-state index in [2.05, 4.69) is 20.6 Å². The van der Waals surface area contributed by atoms with E-state index in [1.54, 1.807) is 89.4 Å². The molecule has 18 heteroatoms. The number of alkyl halides is 3. The van der Waals surface area contributed by atoms with Gasteiger partial charge in [-0.15, -0.1) is 0 Å². The fraction of sp³-hybridized carbons (Fsp3) is 0.133. The number of fused-ring (bicyclic) bond motifs is 2. The summed E-state index contributed by atoms with van der Waals surface area (Å²) in [6.07, 6.45) is -1.07. The quantitative estimate of drug-likeness (QED) is 0.0751. The maximum absolute atomic E-state index is 12.1. The average molecular weight is 883 g/mol. The van der Waals surface area contributed by atoms with E-state index in [-0.39, 0.29) is 16.6 Å². The van der Waals surface area contributed by atoms with Gasteiger partial charge in [0.25, 0.3) is 0 Å². The van der Waals surface area contributed by atoms with Crippen LogP contribution in [0, 0.1) is 0 Å². The molecule has 0 aliphatic heterocycles. The molecular weight excluding hydrogens is 842 g/mol. The molecule has 2 aromatic heterocycles. The monoisotopic (exact) mass is 882 g/mol. The molecule has 0 bridgehead atoms. The number of benzene rings is 5. The Morgan fingerprint density at radius 1 is 0.635 bits per heavy atom. The highest BCUT2D eigenvalue weighted by molar-refractivity contribution is 7.80. The summed E-state index contributed by atoms with van der Waals surface area (Å²) in [5, 5.41) is 7.32. The van der Waals surface area contributed by atoms with Gasteiger partial charge in [0, 0.05) is 59.2 Å². The molecule has 6 N–H and O–H groups in total. The van der Waals surface area contributed by atoms with E-state index in [4.69, 9.17) is 52.1 Å². The van der Waals surface area contributed by atoms with Crippen LogP contribution in [-0.2, 0) is 11.0 Å². The number of hydrogen-bond donors (Lipinski definition) is 4. The molecule has 2 heterocycles. The highest BCUT2D eigenvalue weighted by atomic mass is 32.1. The van der Waals surface area contributed by atoms with Crippen LogP contribution in [0.25, 0.3) is 21.8 Å². The zero-order chi connectivity index (χ0) is 45.7. The molecule has 0 radical (unpaired) electrons. The minimum absolute atomic E-state index is 0.144. The molecule has 0 saturated heterocycles. The SMILES string of the molecule is COc1cc2nccc(Oc3ccc(N)cc3)c2cc1OC.COc1cc2nccc(Oc3ccc(NC(=S)NC(C)=O)cc3)c2cc1OC.NC(=O)c1cccc(C(F)(F)F)c1. The third-order valence-electron chi connectivity index (χ3n) is 8.63. The Labute approximate surface area is 364 Å². The van der Waals surface area contributed by atoms with Crippen LogP contribution in [0.4, 0.5) is 24.5 Å². The van der Waals surface area contributed by atoms with Gasteiger partial charge in [-0.25, -0.2) is 0 Å². The smallest absolute Gasteiger partial charge is 0.416 e. The Morgan fingerprint density at radius 2 is 1.10 bits per heavy atom. The number of halogens is 3. The van der Waals surface area contributed by atoms with Gasteiger partial charge >= 0.3 is 6.18 Å². The van der Waals surface area contributed by atoms with Gasteiger partial charge in [0.2, 0.25) is 11.8 Å². The Hall–Kier alpha value is -7.86. The first-order valence-corrected chi connectivity index (χ1v) is 18.9. The average Bonchev–Trinajstić information content (AvgIpc) is 3.27. The van der Waals surface area contributed by atoms with E-state index in [1.165, 1.54) is 13.0 Å². The number of hydrogen-bond acceptors (Lipinski definition) is 12. The van der Waals surface area contributed by atoms with E-state index in [0.717, 1.165) is 45.7 Å². The van der Waals surface area contributed by atoms with Crippen molar-refractivity contribution >= 4 is 62.3 Å². The van der Waals surface area contributed by atoms with E-state index < -0.39 is 17.6 Å². The van der Waals surface area contributed by atoms with Crippen LogP contribution >= 0.6 is 12.2 Å². The first-order valence-electron chi connectivity index (χ1n) is 18.5. The molecule has 5 aromatic carbocycles. The zero-order valence-electron chi connectivity index (χ0n) is 34.4. The molecule has 63 heavy (non-hydrogen) atoms. The summed E-state index contributed by atoms with van der Waals surface area (Å²) in [6.45, 7) is 1.40. The Kier molecular flexibility index (Phi) is 15.5. The van der Waals surface area contributed by atoms with Crippen molar-refractivity contribution in [1.82, 2.24) is 15.3 Å². The Morgan fingerprint density at radius 3 is 1.52 bits per heavy atom. The summed E-state index contributed by atoms with van der Waals surface area (Å²) in [5.74, 6) is 4.03. The summed E-state index contributed by atoms with van der Waals surface area (Å²) in [7, 11) is 6.36. The van der Waals surface area contributed by atoms with Gasteiger partial charge in [-0.1, -0.05) is 6.07 Å². The first-order chi connectivity index (χ1) is 30.1. The summed E-state index contributed by atoms with van der Waals surface area (Å²) >= 11 is 5.04. The number of rotatable bonds is 10. The minimum Gasteiger partial charge on any atom is -0.493 e. The lowest BCUT2D eigenvalue weighted by atomic mass is 10.1. The molecule has 0 unspecified atom stereocenters. The second-order valence-corrected chi connectivity index (χ2v) is 13.4. The van der Waals surface area contributed by atoms with E-state index in [0.29, 0.717) is 51.7 Å². The topological polar surface area (TPSA) is 191 Å². The van der Waals surface area contributed by atoms with Crippen molar-refractivity contribution in [2.24, 2.45) is 5.73 Å². The van der Waals surface area contributed by atoms with Crippen molar-refractivity contribution in [2.45, 2.75) is 13.1 Å². The maximum Gasteiger partial charge on any atom is 0.416 e. The first kappa shape index (κ1) is 46.2. The molecular formula is C45H41F3N6O8S. The van der Waals surface area contributed by atoms with Gasteiger partial charge in [-0.3, -0.25) is 19.6 Å². The molecule has 0 spiro atoms. The summed E-state index contributed by atoms with van der Waals surface area (Å²) in [5.41, 5.74) is 12.4. The van der Waals surface area contributed by atoms with Crippen molar-refractivity contribution in [3.05, 3.63) is 133 Å². The lowest BCUT2D eigenvalue weighted by Gasteiger charge is -2.13. The van der Waals surface area contributed by atoms with E-state index in [1.807, 2.05) is 36.4 Å². The highest BCUT2D eigenvalue weighted by Crippen LogP contribution is 2.38. The van der Waals surface area contributed by atoms with Crippen molar-refractivity contribution in [3.8, 4) is 46.0 Å². The predicted molar refractivity (Wildman–Crippen MR) is 237 cm³/mol. The number of ether oxygens (including phenoxy) is 6. The number of nitrogens with two attached hydrogens (primary N) is 2. The zero-order valence-corrected chi connectivity index (χ0v) is 35.2. The molecule has 0 aliphatic rings. The van der Waals surface area contributed by atoms with Crippen LogP contribution < -0.4 is 50.5 Å². The highest BCUT2D eigenvalue weighted by Gasteiger charge is 2.30. The lowest BCUT2D eigenvalue weighted by Crippen LogP contribution is -2.32. The second kappa shape index (κ2) is 21.1. The number of nitrogens with one attached hydrogen (secondary N) is 2. The molecule has 7 aromatic rings. The largest absolute Gasteiger partial charge is 0.493 e. The summed E-state index contributed by atoms with van der Waals surface area (Å²) in [6, 6.07) is 29.3. The number of pyridine rings is 2. The number of nitrogen functional groups attached to an aromatic ring is 1. The number of thiocarbonyl (C=S) groups is 1. The van der Waals surface area contributed by atoms with Crippen LogP contribution in [0.2, 0.25) is 0 Å². The summed E-state index contributed by atoms with van der Waals surface area (Å²) < 4.78 is 69.5. The van der Waals surface area contributed by atoms with Crippen LogP contribution in [0.1, 0.15) is 22.8 Å². The van der Waals surface area contributed by atoms with Crippen LogP contribution in [0.5, 0.6) is 46.0 Å². The van der Waals surface area contributed by atoms with Gasteiger partial charge in [-0.05, 0) is 103 Å². The van der Waals surface area contributed by atoms with Gasteiger partial charge in [0.05, 0.1) is 45.0 Å². The predicted octanol–water partition coefficient (Wildman–Crippen LogP) is 9.31. The summed E-state index contributed by atoms with van der Waals surface area (Å²) in [4.78, 5) is 30.3. The van der Waals surface area contributed by atoms with Gasteiger partial charge in [0.15, 0.2) is 28.1 Å². The molecule has 2 amide bonds. The van der Waals surface area contributed by atoms with Crippen molar-refractivity contribution in [3.63, 3.8) is 0 Å². The fourth-order valence-corrected chi connectivity index (χ4v) is 5.90. The molecule has 0 atom stereocenters. The Bertz CT molecular complexity index is 2720. The third-order valence-corrected chi connectivity index (χ3v) is 8.83. The standard InChI is InChI=1S/C20H19N3O4S.C17H16N2O3.C8H6F3NO/c1-12(24)22-20(28)23-13-4-6-14(7-5-13)27-17-8-9-21-16-11-19(26-3)18(25-2)10-15(16)17;1-20-16-9-13-14(10-17(16)21-2)19-8-7-15(13)22-12-5-3-11(18)4-6-12;9-8(10,11)6-3-1-2-5(4-6)7(12)13/h4-11H,1-3H3,(H2,22,23,24,28);3-10H,18H2,1-2H3;1-4H,(H2,12,13). The molecule has 326 valence electrons. The lowest BCUT2D eigenvalue weighted by molar-refractivity contribution is -0.137. The van der Waals surface area contributed by atoms with Gasteiger partial charge in [0.1, 0.15) is 23.0 Å². The molecule has 0 aliphatic carbocycles. The van der Waals surface area contributed by atoms with Gasteiger partial charge < -0.3 is 50.5 Å². The molecule has 0 fully saturated rings. The third kappa shape index (κ3) is 12.6. The molecule has 0 saturated carbocycles. The molecule has 7 rings (SSSR count). The number of nitrogens with zero attached hydrogens (tertiary/aromatic N) is 2. The van der Waals surface area contributed by atoms with Crippen molar-refractivity contribution < 1.29 is 51.2 Å². The number of methoxy groups -OCH3 is 4. The normalized spacial score (nSPS) is 10.5. The van der Waals surface area contributed by atoms with Crippen LogP contribution in [-0.4, -0.2) is 55.3 Å². The fourth-order valence-electron chi connectivity index (χ4n) is 5.64. The molecule has 14 nitrogen and oxygen atoms in total. The number of aromatic nitrogens is 2. The minimum atomic E-state index is -4.44. The van der Waals surface area contributed by atoms with Crippen LogP contribution in [0.15, 0.2) is 122 Å². The second-order valence-electron chi connectivity index (χ2n) is 12.9. The number of primary amides is 1. The van der Waals surface area contributed by atoms with Crippen molar-refractivity contribution in [1.29, 1.82) is 0 Å². The number of carbonyl (C=O) groups is 2. The van der Waals surface area contributed by atoms with Crippen LogP contribution in [0.3, 0.4) is 0 Å². The van der Waals surface area contributed by atoms with Crippen molar-refractivity contribution in [2.75, 3.05) is 39.5 Å². The van der Waals surface area contributed by atoms with E-state index >= 15 is 0 Å².